The minimum absolute atomic E-state index is 0.0778. The van der Waals surface area contributed by atoms with E-state index in [1.54, 1.807) is 13.2 Å². The van der Waals surface area contributed by atoms with Crippen molar-refractivity contribution < 1.29 is 9.53 Å². The van der Waals surface area contributed by atoms with E-state index >= 15 is 0 Å². The Morgan fingerprint density at radius 3 is 2.70 bits per heavy atom. The number of amides is 1. The van der Waals surface area contributed by atoms with Gasteiger partial charge in [0, 0.05) is 11.1 Å². The van der Waals surface area contributed by atoms with Crippen LogP contribution in [0.3, 0.4) is 0 Å². The first-order valence-electron chi connectivity index (χ1n) is 9.36. The first kappa shape index (κ1) is 17.6. The van der Waals surface area contributed by atoms with Crippen molar-refractivity contribution >= 4 is 16.7 Å². The monoisotopic (exact) mass is 360 g/mol. The van der Waals surface area contributed by atoms with Gasteiger partial charge in [-0.05, 0) is 59.8 Å². The summed E-state index contributed by atoms with van der Waals surface area (Å²) in [6.45, 7) is 0.942. The highest BCUT2D eigenvalue weighted by atomic mass is 16.5. The summed E-state index contributed by atoms with van der Waals surface area (Å²) in [5.74, 6) is 1.15. The van der Waals surface area contributed by atoms with Gasteiger partial charge in [0.1, 0.15) is 5.75 Å². The Kier molecular flexibility index (Phi) is 4.82. The molecule has 0 aromatic heterocycles. The van der Waals surface area contributed by atoms with Crippen LogP contribution in [0.1, 0.15) is 40.4 Å². The van der Waals surface area contributed by atoms with Crippen LogP contribution in [-0.4, -0.2) is 19.6 Å². The van der Waals surface area contributed by atoms with Gasteiger partial charge in [-0.1, -0.05) is 42.5 Å². The van der Waals surface area contributed by atoms with E-state index in [1.807, 2.05) is 36.4 Å². The number of carbonyl (C=O) groups excluding carboxylic acids is 1. The zero-order chi connectivity index (χ0) is 18.8. The molecule has 4 heteroatoms. The fraction of sp³-hybridized carbons (Fsp3) is 0.261. The second kappa shape index (κ2) is 7.41. The smallest absolute Gasteiger partial charge is 0.248 e. The number of rotatable bonds is 7. The van der Waals surface area contributed by atoms with Crippen molar-refractivity contribution in [1.82, 2.24) is 5.32 Å². The van der Waals surface area contributed by atoms with Crippen molar-refractivity contribution in [3.8, 4) is 5.75 Å². The van der Waals surface area contributed by atoms with Crippen molar-refractivity contribution in [1.29, 1.82) is 0 Å². The fourth-order valence-corrected chi connectivity index (χ4v) is 3.62. The van der Waals surface area contributed by atoms with Crippen LogP contribution < -0.4 is 15.8 Å². The fourth-order valence-electron chi connectivity index (χ4n) is 3.62. The Balaban J connectivity index is 1.87. The van der Waals surface area contributed by atoms with Gasteiger partial charge in [-0.2, -0.15) is 0 Å². The number of primary amides is 1. The Morgan fingerprint density at radius 1 is 1.15 bits per heavy atom. The van der Waals surface area contributed by atoms with Crippen molar-refractivity contribution in [2.45, 2.75) is 18.9 Å². The van der Waals surface area contributed by atoms with E-state index in [1.165, 1.54) is 12.8 Å². The minimum Gasteiger partial charge on any atom is -0.496 e. The summed E-state index contributed by atoms with van der Waals surface area (Å²) in [5, 5.41) is 6.03. The van der Waals surface area contributed by atoms with Gasteiger partial charge in [-0.3, -0.25) is 4.79 Å². The van der Waals surface area contributed by atoms with Gasteiger partial charge in [0.25, 0.3) is 0 Å². The number of nitrogens with one attached hydrogen (secondary N) is 1. The van der Waals surface area contributed by atoms with Gasteiger partial charge in [0.2, 0.25) is 5.91 Å². The summed E-state index contributed by atoms with van der Waals surface area (Å²) in [4.78, 5) is 11.7. The first-order valence-corrected chi connectivity index (χ1v) is 9.36. The molecule has 0 aliphatic heterocycles. The van der Waals surface area contributed by atoms with Crippen LogP contribution in [0.4, 0.5) is 0 Å². The maximum atomic E-state index is 11.7. The lowest BCUT2D eigenvalue weighted by molar-refractivity contribution is 0.1000. The number of fused-ring (bicyclic) bond motifs is 1. The van der Waals surface area contributed by atoms with E-state index in [0.29, 0.717) is 5.56 Å². The summed E-state index contributed by atoms with van der Waals surface area (Å²) in [6, 6.07) is 19.9. The molecular formula is C23H24N2O2. The number of nitrogens with two attached hydrogens (primary N) is 1. The first-order chi connectivity index (χ1) is 13.2. The largest absolute Gasteiger partial charge is 0.496 e. The van der Waals surface area contributed by atoms with Gasteiger partial charge >= 0.3 is 0 Å². The van der Waals surface area contributed by atoms with Crippen LogP contribution in [0, 0.1) is 5.92 Å². The Morgan fingerprint density at radius 2 is 1.96 bits per heavy atom. The van der Waals surface area contributed by atoms with Crippen LogP contribution in [0.2, 0.25) is 0 Å². The molecule has 4 rings (SSSR count). The molecule has 0 spiro atoms. The van der Waals surface area contributed by atoms with Gasteiger partial charge in [-0.15, -0.1) is 0 Å². The number of hydrogen-bond acceptors (Lipinski definition) is 3. The van der Waals surface area contributed by atoms with Gasteiger partial charge < -0.3 is 15.8 Å². The molecule has 1 amide bonds. The number of benzene rings is 3. The Bertz CT molecular complexity index is 979. The zero-order valence-corrected chi connectivity index (χ0v) is 15.4. The van der Waals surface area contributed by atoms with Crippen LogP contribution >= 0.6 is 0 Å². The Labute approximate surface area is 159 Å². The molecule has 4 nitrogen and oxygen atoms in total. The molecule has 0 bridgehead atoms. The number of ether oxygens (including phenoxy) is 1. The third kappa shape index (κ3) is 3.67. The zero-order valence-electron chi connectivity index (χ0n) is 15.4. The standard InChI is InChI=1S/C23H24N2O2/c1-27-20-12-11-16-5-2-3-8-19(16)21(20)22(25-14-15-9-10-15)17-6-4-7-18(13-17)23(24)26/h2-8,11-13,15,22,25H,9-10,14H2,1H3,(H2,24,26). The van der Waals surface area contributed by atoms with Crippen LogP contribution in [-0.2, 0) is 0 Å². The molecule has 0 radical (unpaired) electrons. The van der Waals surface area contributed by atoms with E-state index in [4.69, 9.17) is 10.5 Å². The molecule has 0 heterocycles. The average Bonchev–Trinajstić information content (AvgIpc) is 3.52. The highest BCUT2D eigenvalue weighted by Gasteiger charge is 2.26. The van der Waals surface area contributed by atoms with E-state index in [2.05, 4.69) is 23.5 Å². The maximum Gasteiger partial charge on any atom is 0.248 e. The SMILES string of the molecule is COc1ccc2ccccc2c1C(NCC1CC1)c1cccc(C(N)=O)c1. The molecule has 1 unspecified atom stereocenters. The predicted octanol–water partition coefficient (Wildman–Crippen LogP) is 4.04. The molecule has 1 saturated carbocycles. The second-order valence-corrected chi connectivity index (χ2v) is 7.18. The topological polar surface area (TPSA) is 64.3 Å². The lowest BCUT2D eigenvalue weighted by Crippen LogP contribution is -2.26. The van der Waals surface area contributed by atoms with E-state index in [-0.39, 0.29) is 6.04 Å². The summed E-state index contributed by atoms with van der Waals surface area (Å²) < 4.78 is 5.72. The van der Waals surface area contributed by atoms with E-state index in [9.17, 15) is 4.79 Å². The van der Waals surface area contributed by atoms with Crippen LogP contribution in [0.5, 0.6) is 5.75 Å². The highest BCUT2D eigenvalue weighted by molar-refractivity contribution is 5.93. The summed E-state index contributed by atoms with van der Waals surface area (Å²) in [6.07, 6.45) is 2.54. The molecule has 3 N–H and O–H groups in total. The normalized spacial score (nSPS) is 14.9. The summed E-state index contributed by atoms with van der Waals surface area (Å²) in [7, 11) is 1.70. The molecule has 3 aromatic carbocycles. The van der Waals surface area contributed by atoms with Crippen molar-refractivity contribution in [2.75, 3.05) is 13.7 Å². The average molecular weight is 360 g/mol. The lowest BCUT2D eigenvalue weighted by Gasteiger charge is -2.24. The predicted molar refractivity (Wildman–Crippen MR) is 108 cm³/mol. The molecule has 27 heavy (non-hydrogen) atoms. The molecule has 3 aromatic rings. The summed E-state index contributed by atoms with van der Waals surface area (Å²) in [5.41, 5.74) is 8.15. The second-order valence-electron chi connectivity index (χ2n) is 7.18. The minimum atomic E-state index is -0.414. The molecule has 0 saturated heterocycles. The van der Waals surface area contributed by atoms with Crippen LogP contribution in [0.25, 0.3) is 10.8 Å². The molecule has 1 fully saturated rings. The third-order valence-electron chi connectivity index (χ3n) is 5.25. The van der Waals surface area contributed by atoms with Crippen LogP contribution in [0.15, 0.2) is 60.7 Å². The lowest BCUT2D eigenvalue weighted by atomic mass is 9.91. The van der Waals surface area contributed by atoms with Gasteiger partial charge in [-0.25, -0.2) is 0 Å². The van der Waals surface area contributed by atoms with Gasteiger partial charge in [0.15, 0.2) is 0 Å². The van der Waals surface area contributed by atoms with Crippen molar-refractivity contribution in [3.63, 3.8) is 0 Å². The molecule has 1 aliphatic rings. The van der Waals surface area contributed by atoms with E-state index in [0.717, 1.165) is 40.1 Å². The number of methoxy groups -OCH3 is 1. The maximum absolute atomic E-state index is 11.7. The number of carbonyl (C=O) groups is 1. The molecular weight excluding hydrogens is 336 g/mol. The molecule has 1 aliphatic carbocycles. The van der Waals surface area contributed by atoms with Crippen molar-refractivity contribution in [3.05, 3.63) is 77.4 Å². The number of hydrogen-bond donors (Lipinski definition) is 2. The highest BCUT2D eigenvalue weighted by Crippen LogP contribution is 2.37. The quantitative estimate of drug-likeness (QED) is 0.668. The summed E-state index contributed by atoms with van der Waals surface area (Å²) >= 11 is 0. The van der Waals surface area contributed by atoms with E-state index < -0.39 is 5.91 Å². The Hall–Kier alpha value is -2.85. The molecule has 1 atom stereocenters. The molecule has 138 valence electrons. The van der Waals surface area contributed by atoms with Crippen molar-refractivity contribution in [2.24, 2.45) is 11.7 Å². The van der Waals surface area contributed by atoms with Gasteiger partial charge in [0.05, 0.1) is 13.2 Å². The third-order valence-corrected chi connectivity index (χ3v) is 5.25.